The van der Waals surface area contributed by atoms with Crippen molar-refractivity contribution in [1.82, 2.24) is 0 Å². The molecule has 0 heterocycles. The highest BCUT2D eigenvalue weighted by Gasteiger charge is 2.56. The molecule has 2 nitrogen and oxygen atoms in total. The molecule has 0 radical (unpaired) electrons. The smallest absolute Gasteiger partial charge is 0.115 e. The van der Waals surface area contributed by atoms with Crippen LogP contribution in [0.25, 0.3) is 6.08 Å². The number of aliphatic hydroxyl groups is 1. The zero-order chi connectivity index (χ0) is 19.5. The van der Waals surface area contributed by atoms with E-state index in [0.717, 1.165) is 42.7 Å². The van der Waals surface area contributed by atoms with Crippen LogP contribution >= 0.6 is 11.6 Å². The molecule has 3 aliphatic carbocycles. The molecule has 2 saturated carbocycles. The van der Waals surface area contributed by atoms with Crippen molar-refractivity contribution in [3.05, 3.63) is 69.8 Å². The first-order valence-electron chi connectivity index (χ1n) is 10.4. The quantitative estimate of drug-likeness (QED) is 0.626. The first-order chi connectivity index (χ1) is 13.5. The molecule has 28 heavy (non-hydrogen) atoms. The van der Waals surface area contributed by atoms with Crippen molar-refractivity contribution in [2.24, 2.45) is 17.3 Å². The van der Waals surface area contributed by atoms with E-state index in [1.54, 1.807) is 0 Å². The van der Waals surface area contributed by atoms with Crippen molar-refractivity contribution >= 4 is 17.7 Å². The second-order valence-corrected chi connectivity index (χ2v) is 9.66. The minimum Gasteiger partial charge on any atom is -0.508 e. The normalized spacial score (nSPS) is 35.3. The van der Waals surface area contributed by atoms with Gasteiger partial charge in [0.1, 0.15) is 5.75 Å². The average Bonchev–Trinajstić information content (AvgIpc) is 2.94. The Balaban J connectivity index is 1.47. The summed E-state index contributed by atoms with van der Waals surface area (Å²) < 4.78 is 0. The molecule has 5 rings (SSSR count). The number of benzene rings is 2. The van der Waals surface area contributed by atoms with Crippen LogP contribution in [0, 0.1) is 17.3 Å². The Labute approximate surface area is 171 Å². The predicted molar refractivity (Wildman–Crippen MR) is 114 cm³/mol. The molecule has 0 aromatic heterocycles. The number of halogens is 1. The fraction of sp³-hybridized carbons (Fsp3) is 0.440. The highest BCUT2D eigenvalue weighted by molar-refractivity contribution is 6.30. The van der Waals surface area contributed by atoms with Crippen LogP contribution in [0.5, 0.6) is 5.75 Å². The minimum atomic E-state index is -0.365. The van der Waals surface area contributed by atoms with E-state index in [1.165, 1.54) is 16.7 Å². The van der Waals surface area contributed by atoms with Crippen LogP contribution in [-0.2, 0) is 6.42 Å². The van der Waals surface area contributed by atoms with Crippen molar-refractivity contribution < 1.29 is 10.2 Å². The van der Waals surface area contributed by atoms with E-state index >= 15 is 0 Å². The van der Waals surface area contributed by atoms with Gasteiger partial charge in [0.2, 0.25) is 0 Å². The third-order valence-corrected chi connectivity index (χ3v) is 8.05. The number of aliphatic hydroxyl groups excluding tert-OH is 1. The monoisotopic (exact) mass is 394 g/mol. The van der Waals surface area contributed by atoms with Gasteiger partial charge in [0.25, 0.3) is 0 Å². The van der Waals surface area contributed by atoms with Gasteiger partial charge in [-0.15, -0.1) is 0 Å². The number of phenolic OH excluding ortho intramolecular Hbond substituents is 1. The Kier molecular flexibility index (Phi) is 4.33. The Morgan fingerprint density at radius 1 is 1.11 bits per heavy atom. The summed E-state index contributed by atoms with van der Waals surface area (Å²) in [7, 11) is 0. The van der Waals surface area contributed by atoms with Gasteiger partial charge < -0.3 is 10.2 Å². The lowest BCUT2D eigenvalue weighted by Gasteiger charge is -2.49. The maximum atomic E-state index is 11.3. The van der Waals surface area contributed by atoms with Gasteiger partial charge in [0.05, 0.1) is 6.10 Å². The zero-order valence-corrected chi connectivity index (χ0v) is 17.0. The predicted octanol–water partition coefficient (Wildman–Crippen LogP) is 5.96. The SMILES string of the molecule is CC12CCC3c4ccc(O)cc4CCC3C1C/C(=C/c1ccc(Cl)cc1)C2O. The number of phenols is 1. The van der Waals surface area contributed by atoms with E-state index in [0.29, 0.717) is 23.5 Å². The van der Waals surface area contributed by atoms with Crippen LogP contribution < -0.4 is 0 Å². The molecule has 0 spiro atoms. The molecular formula is C25H27ClO2. The molecule has 0 saturated heterocycles. The number of rotatable bonds is 1. The van der Waals surface area contributed by atoms with Gasteiger partial charge in [-0.05, 0) is 96.4 Å². The molecule has 0 bridgehead atoms. The number of aryl methyl sites for hydroxylation is 1. The van der Waals surface area contributed by atoms with Gasteiger partial charge in [-0.3, -0.25) is 0 Å². The number of hydrogen-bond donors (Lipinski definition) is 2. The Bertz CT molecular complexity index is 932. The summed E-state index contributed by atoms with van der Waals surface area (Å²) in [6, 6.07) is 13.8. The lowest BCUT2D eigenvalue weighted by molar-refractivity contribution is -0.0158. The van der Waals surface area contributed by atoms with Crippen molar-refractivity contribution in [3.8, 4) is 5.75 Å². The van der Waals surface area contributed by atoms with E-state index < -0.39 is 0 Å². The molecule has 3 aliphatic rings. The topological polar surface area (TPSA) is 40.5 Å². The molecule has 0 aliphatic heterocycles. The van der Waals surface area contributed by atoms with Crippen LogP contribution in [0.1, 0.15) is 55.2 Å². The van der Waals surface area contributed by atoms with E-state index in [2.05, 4.69) is 19.1 Å². The fourth-order valence-corrected chi connectivity index (χ4v) is 6.47. The second kappa shape index (κ2) is 6.64. The van der Waals surface area contributed by atoms with E-state index in [-0.39, 0.29) is 11.5 Å². The lowest BCUT2D eigenvalue weighted by Crippen LogP contribution is -2.44. The number of fused-ring (bicyclic) bond motifs is 5. The summed E-state index contributed by atoms with van der Waals surface area (Å²) in [5.41, 5.74) is 5.00. The molecular weight excluding hydrogens is 368 g/mol. The van der Waals surface area contributed by atoms with Gasteiger partial charge >= 0.3 is 0 Å². The average molecular weight is 395 g/mol. The van der Waals surface area contributed by atoms with Gasteiger partial charge in [-0.25, -0.2) is 0 Å². The van der Waals surface area contributed by atoms with Crippen LogP contribution in [0.4, 0.5) is 0 Å². The Hall–Kier alpha value is -1.77. The van der Waals surface area contributed by atoms with E-state index in [1.807, 2.05) is 36.4 Å². The summed E-state index contributed by atoms with van der Waals surface area (Å²) in [4.78, 5) is 0. The highest BCUT2D eigenvalue weighted by Crippen LogP contribution is 2.62. The van der Waals surface area contributed by atoms with E-state index in [4.69, 9.17) is 11.6 Å². The lowest BCUT2D eigenvalue weighted by atomic mass is 9.55. The summed E-state index contributed by atoms with van der Waals surface area (Å²) in [6.07, 6.45) is 7.16. The summed E-state index contributed by atoms with van der Waals surface area (Å²) >= 11 is 6.02. The van der Waals surface area contributed by atoms with Gasteiger partial charge in [-0.1, -0.05) is 42.8 Å². The standard InChI is InChI=1S/C25H27ClO2/c1-25-11-10-21-20-9-7-19(27)13-16(20)4-8-22(21)23(25)14-17(24(25)28)12-15-2-5-18(26)6-3-15/h2-3,5-7,9,12-13,21-24,27-28H,4,8,10-11,14H2,1H3/b17-12-. The third kappa shape index (κ3) is 2.81. The first-order valence-corrected chi connectivity index (χ1v) is 10.8. The van der Waals surface area contributed by atoms with Gasteiger partial charge in [0.15, 0.2) is 0 Å². The van der Waals surface area contributed by atoms with Crippen LogP contribution in [0.15, 0.2) is 48.0 Å². The van der Waals surface area contributed by atoms with Crippen LogP contribution in [-0.4, -0.2) is 16.3 Å². The third-order valence-electron chi connectivity index (χ3n) is 7.80. The summed E-state index contributed by atoms with van der Waals surface area (Å²) in [6.45, 7) is 2.30. The molecule has 2 fully saturated rings. The van der Waals surface area contributed by atoms with Gasteiger partial charge in [0, 0.05) is 10.4 Å². The molecule has 0 amide bonds. The van der Waals surface area contributed by atoms with Crippen molar-refractivity contribution in [3.63, 3.8) is 0 Å². The minimum absolute atomic E-state index is 0.0339. The fourth-order valence-electron chi connectivity index (χ4n) is 6.34. The molecule has 5 unspecified atom stereocenters. The Morgan fingerprint density at radius 3 is 2.68 bits per heavy atom. The first kappa shape index (κ1) is 18.3. The molecule has 2 aromatic carbocycles. The van der Waals surface area contributed by atoms with Gasteiger partial charge in [-0.2, -0.15) is 0 Å². The second-order valence-electron chi connectivity index (χ2n) is 9.22. The van der Waals surface area contributed by atoms with Crippen LogP contribution in [0.2, 0.25) is 5.02 Å². The van der Waals surface area contributed by atoms with E-state index in [9.17, 15) is 10.2 Å². The Morgan fingerprint density at radius 2 is 1.89 bits per heavy atom. The number of hydrogen-bond acceptors (Lipinski definition) is 2. The maximum absolute atomic E-state index is 11.3. The largest absolute Gasteiger partial charge is 0.508 e. The van der Waals surface area contributed by atoms with Crippen molar-refractivity contribution in [2.45, 2.75) is 51.0 Å². The zero-order valence-electron chi connectivity index (χ0n) is 16.2. The van der Waals surface area contributed by atoms with Crippen LogP contribution in [0.3, 0.4) is 0 Å². The molecule has 5 atom stereocenters. The maximum Gasteiger partial charge on any atom is 0.115 e. The van der Waals surface area contributed by atoms with Crippen molar-refractivity contribution in [1.29, 1.82) is 0 Å². The summed E-state index contributed by atoms with van der Waals surface area (Å²) in [5.74, 6) is 2.06. The molecule has 146 valence electrons. The number of aromatic hydroxyl groups is 1. The van der Waals surface area contributed by atoms with Crippen molar-refractivity contribution in [2.75, 3.05) is 0 Å². The molecule has 3 heteroatoms. The summed E-state index contributed by atoms with van der Waals surface area (Å²) in [5, 5.41) is 21.8. The highest BCUT2D eigenvalue weighted by atomic mass is 35.5. The molecule has 2 aromatic rings. The molecule has 2 N–H and O–H groups in total.